The quantitative estimate of drug-likeness (QED) is 0.143. The topological polar surface area (TPSA) is 88.1 Å². The van der Waals surface area contributed by atoms with Crippen LogP contribution in [-0.4, -0.2) is 27.1 Å². The van der Waals surface area contributed by atoms with E-state index in [2.05, 4.69) is 34.8 Å². The molecule has 0 bridgehead atoms. The highest BCUT2D eigenvalue weighted by Crippen LogP contribution is 2.30. The summed E-state index contributed by atoms with van der Waals surface area (Å²) < 4.78 is 34.0. The van der Waals surface area contributed by atoms with Crippen LogP contribution in [0.1, 0.15) is 16.7 Å². The molecule has 0 unspecified atom stereocenters. The number of rotatable bonds is 10. The van der Waals surface area contributed by atoms with Gasteiger partial charge >= 0.3 is 0 Å². The van der Waals surface area contributed by atoms with Crippen LogP contribution in [0.5, 0.6) is 5.75 Å². The fraction of sp³-hybridized carbons (Fsp3) is 0.0909. The maximum Gasteiger partial charge on any atom is 0.264 e. The fourth-order valence-electron chi connectivity index (χ4n) is 4.38. The van der Waals surface area contributed by atoms with E-state index in [4.69, 9.17) is 16.3 Å². The maximum absolute atomic E-state index is 13.5. The van der Waals surface area contributed by atoms with Crippen molar-refractivity contribution in [2.24, 2.45) is 5.10 Å². The minimum atomic E-state index is -4.06. The summed E-state index contributed by atoms with van der Waals surface area (Å²) in [6.07, 6.45) is 1.48. The molecule has 0 aliphatic carbocycles. The van der Waals surface area contributed by atoms with Crippen LogP contribution >= 0.6 is 11.6 Å². The molecule has 0 aliphatic rings. The summed E-state index contributed by atoms with van der Waals surface area (Å²) in [6.45, 7) is 1.65. The Bertz CT molecular complexity index is 1840. The highest BCUT2D eigenvalue weighted by Gasteiger charge is 2.28. The molecule has 0 heterocycles. The van der Waals surface area contributed by atoms with Crippen molar-refractivity contribution in [1.82, 2.24) is 5.43 Å². The first-order valence-corrected chi connectivity index (χ1v) is 15.0. The number of ether oxygens (including phenoxy) is 1. The molecule has 1 amide bonds. The van der Waals surface area contributed by atoms with Crippen LogP contribution in [0.4, 0.5) is 5.69 Å². The Kier molecular flexibility index (Phi) is 8.85. The fourth-order valence-corrected chi connectivity index (χ4v) is 6.04. The van der Waals surface area contributed by atoms with Gasteiger partial charge in [-0.2, -0.15) is 5.10 Å². The van der Waals surface area contributed by atoms with Gasteiger partial charge in [-0.05, 0) is 89.0 Å². The van der Waals surface area contributed by atoms with Crippen molar-refractivity contribution in [3.05, 3.63) is 137 Å². The van der Waals surface area contributed by atoms with Gasteiger partial charge in [0, 0.05) is 5.02 Å². The third kappa shape index (κ3) is 6.79. The van der Waals surface area contributed by atoms with Crippen LogP contribution in [0.15, 0.2) is 125 Å². The molecule has 0 aliphatic heterocycles. The van der Waals surface area contributed by atoms with Crippen molar-refractivity contribution in [3.63, 3.8) is 0 Å². The largest absolute Gasteiger partial charge is 0.489 e. The molecule has 5 rings (SSSR count). The third-order valence-corrected chi connectivity index (χ3v) is 8.81. The van der Waals surface area contributed by atoms with Gasteiger partial charge in [-0.1, -0.05) is 72.3 Å². The van der Waals surface area contributed by atoms with E-state index in [9.17, 15) is 13.2 Å². The molecule has 42 heavy (non-hydrogen) atoms. The lowest BCUT2D eigenvalue weighted by atomic mass is 10.1. The molecule has 5 aromatic carbocycles. The van der Waals surface area contributed by atoms with Gasteiger partial charge in [0.05, 0.1) is 16.8 Å². The van der Waals surface area contributed by atoms with Gasteiger partial charge in [0.2, 0.25) is 0 Å². The van der Waals surface area contributed by atoms with Crippen LogP contribution in [0.3, 0.4) is 0 Å². The standard InChI is InChI=1S/C33H28ClN3O4S/c1-24-31(34)12-7-13-32(24)37(42(39,40)30-10-3-2-4-11-30)22-33(38)36-35-21-25-15-18-29(19-16-25)41-23-26-14-17-27-8-5-6-9-28(27)20-26/h2-21H,22-23H2,1H3,(H,36,38)/b35-21-. The number of hydrazone groups is 1. The van der Waals surface area contributed by atoms with E-state index in [1.165, 1.54) is 23.7 Å². The van der Waals surface area contributed by atoms with Gasteiger partial charge in [0.25, 0.3) is 15.9 Å². The summed E-state index contributed by atoms with van der Waals surface area (Å²) in [6, 6.07) is 34.5. The van der Waals surface area contributed by atoms with E-state index < -0.39 is 22.5 Å². The minimum Gasteiger partial charge on any atom is -0.489 e. The van der Waals surface area contributed by atoms with Crippen molar-refractivity contribution >= 4 is 50.2 Å². The Morgan fingerprint density at radius 3 is 2.36 bits per heavy atom. The average Bonchev–Trinajstić information content (AvgIpc) is 3.01. The minimum absolute atomic E-state index is 0.0589. The number of benzene rings is 5. The zero-order valence-corrected chi connectivity index (χ0v) is 24.3. The summed E-state index contributed by atoms with van der Waals surface area (Å²) in [4.78, 5) is 12.9. The number of hydrogen-bond acceptors (Lipinski definition) is 5. The zero-order valence-electron chi connectivity index (χ0n) is 22.8. The van der Waals surface area contributed by atoms with E-state index in [1.807, 2.05) is 42.5 Å². The second-order valence-electron chi connectivity index (χ2n) is 9.54. The normalized spacial score (nSPS) is 11.5. The van der Waals surface area contributed by atoms with Crippen LogP contribution < -0.4 is 14.5 Å². The maximum atomic E-state index is 13.5. The Labute approximate surface area is 250 Å². The summed E-state index contributed by atoms with van der Waals surface area (Å²) in [7, 11) is -4.06. The number of nitrogens with one attached hydrogen (secondary N) is 1. The highest BCUT2D eigenvalue weighted by molar-refractivity contribution is 7.92. The molecule has 0 atom stereocenters. The molecule has 0 radical (unpaired) electrons. The molecule has 1 N–H and O–H groups in total. The highest BCUT2D eigenvalue weighted by atomic mass is 35.5. The summed E-state index contributed by atoms with van der Waals surface area (Å²) in [5, 5.41) is 6.76. The smallest absolute Gasteiger partial charge is 0.264 e. The third-order valence-electron chi connectivity index (χ3n) is 6.63. The molecule has 7 nitrogen and oxygen atoms in total. The number of nitrogens with zero attached hydrogens (tertiary/aromatic N) is 2. The monoisotopic (exact) mass is 597 g/mol. The first-order chi connectivity index (χ1) is 20.3. The number of carbonyl (C=O) groups is 1. The number of fused-ring (bicyclic) bond motifs is 1. The molecular weight excluding hydrogens is 570 g/mol. The van der Waals surface area contributed by atoms with Gasteiger partial charge in [-0.3, -0.25) is 9.10 Å². The second kappa shape index (κ2) is 12.9. The van der Waals surface area contributed by atoms with Gasteiger partial charge in [0.15, 0.2) is 0 Å². The number of anilines is 1. The van der Waals surface area contributed by atoms with E-state index in [0.29, 0.717) is 28.6 Å². The SMILES string of the molecule is Cc1c(Cl)cccc1N(CC(=O)N/N=C\c1ccc(OCc2ccc3ccccc3c2)cc1)S(=O)(=O)c1ccccc1. The number of carbonyl (C=O) groups excluding carboxylic acids is 1. The van der Waals surface area contributed by atoms with E-state index >= 15 is 0 Å². The van der Waals surface area contributed by atoms with Crippen molar-refractivity contribution in [2.75, 3.05) is 10.8 Å². The van der Waals surface area contributed by atoms with E-state index in [0.717, 1.165) is 20.8 Å². The predicted molar refractivity (Wildman–Crippen MR) is 168 cm³/mol. The van der Waals surface area contributed by atoms with Crippen molar-refractivity contribution in [3.8, 4) is 5.75 Å². The molecule has 212 valence electrons. The summed E-state index contributed by atoms with van der Waals surface area (Å²) in [5.41, 5.74) is 5.07. The van der Waals surface area contributed by atoms with Gasteiger partial charge in [-0.25, -0.2) is 13.8 Å². The van der Waals surface area contributed by atoms with Crippen molar-refractivity contribution in [1.29, 1.82) is 0 Å². The molecule has 0 saturated carbocycles. The number of amides is 1. The number of hydrogen-bond donors (Lipinski definition) is 1. The number of halogens is 1. The lowest BCUT2D eigenvalue weighted by Gasteiger charge is -2.25. The molecule has 0 fully saturated rings. The lowest BCUT2D eigenvalue weighted by Crippen LogP contribution is -2.40. The van der Waals surface area contributed by atoms with E-state index in [1.54, 1.807) is 43.3 Å². The summed E-state index contributed by atoms with van der Waals surface area (Å²) >= 11 is 6.27. The second-order valence-corrected chi connectivity index (χ2v) is 11.8. The molecule has 9 heteroatoms. The molecule has 0 spiro atoms. The van der Waals surface area contributed by atoms with Gasteiger partial charge in [-0.15, -0.1) is 0 Å². The lowest BCUT2D eigenvalue weighted by molar-refractivity contribution is -0.119. The first kappa shape index (κ1) is 28.9. The molecular formula is C33H28ClN3O4S. The van der Waals surface area contributed by atoms with Gasteiger partial charge in [0.1, 0.15) is 18.9 Å². The molecule has 0 saturated heterocycles. The van der Waals surface area contributed by atoms with Crippen molar-refractivity contribution < 1.29 is 17.9 Å². The average molecular weight is 598 g/mol. The first-order valence-electron chi connectivity index (χ1n) is 13.2. The Morgan fingerprint density at radius 2 is 1.60 bits per heavy atom. The summed E-state index contributed by atoms with van der Waals surface area (Å²) in [5.74, 6) is 0.0865. The zero-order chi connectivity index (χ0) is 29.5. The van der Waals surface area contributed by atoms with Crippen LogP contribution in [0, 0.1) is 6.92 Å². The van der Waals surface area contributed by atoms with Gasteiger partial charge < -0.3 is 4.74 Å². The Balaban J connectivity index is 1.22. The van der Waals surface area contributed by atoms with Crippen molar-refractivity contribution in [2.45, 2.75) is 18.4 Å². The van der Waals surface area contributed by atoms with Crippen LogP contribution in [0.2, 0.25) is 5.02 Å². The van der Waals surface area contributed by atoms with Crippen LogP contribution in [0.25, 0.3) is 10.8 Å². The number of sulfonamides is 1. The Morgan fingerprint density at radius 1 is 0.881 bits per heavy atom. The van der Waals surface area contributed by atoms with Crippen LogP contribution in [-0.2, 0) is 21.4 Å². The molecule has 0 aromatic heterocycles. The van der Waals surface area contributed by atoms with E-state index in [-0.39, 0.29) is 4.90 Å². The Hall–Kier alpha value is -4.66. The predicted octanol–water partition coefficient (Wildman–Crippen LogP) is 6.73. The molecule has 5 aromatic rings.